The molecule has 8 heteroatoms. The van der Waals surface area contributed by atoms with Crippen molar-refractivity contribution in [2.45, 2.75) is 0 Å². The van der Waals surface area contributed by atoms with Crippen LogP contribution in [-0.4, -0.2) is 58.0 Å². The van der Waals surface area contributed by atoms with Gasteiger partial charge in [-0.2, -0.15) is 5.10 Å². The highest BCUT2D eigenvalue weighted by atomic mass is 16.5. The zero-order chi connectivity index (χ0) is 19.6. The molecule has 0 amide bonds. The number of pyridine rings is 1. The number of hydrogen-bond donors (Lipinski definition) is 0. The minimum atomic E-state index is 0.800. The van der Waals surface area contributed by atoms with E-state index in [2.05, 4.69) is 29.9 Å². The highest BCUT2D eigenvalue weighted by Gasteiger charge is 2.23. The molecular weight excluding hydrogens is 366 g/mol. The molecule has 0 radical (unpaired) electrons. The Hall–Kier alpha value is -3.68. The number of rotatable bonds is 4. The van der Waals surface area contributed by atoms with Gasteiger partial charge in [0.1, 0.15) is 12.1 Å². The van der Waals surface area contributed by atoms with Gasteiger partial charge in [-0.3, -0.25) is 4.98 Å². The number of fused-ring (bicyclic) bond motifs is 1. The van der Waals surface area contributed by atoms with Gasteiger partial charge in [-0.15, -0.1) is 0 Å². The molecule has 0 aliphatic carbocycles. The summed E-state index contributed by atoms with van der Waals surface area (Å²) < 4.78 is 7.32. The third-order valence-electron chi connectivity index (χ3n) is 5.25. The minimum absolute atomic E-state index is 0.800. The fraction of sp³-hybridized carbons (Fsp3) is 0.238. The first kappa shape index (κ1) is 17.4. The second-order valence-corrected chi connectivity index (χ2v) is 6.85. The van der Waals surface area contributed by atoms with Crippen LogP contribution in [0.3, 0.4) is 0 Å². The van der Waals surface area contributed by atoms with E-state index in [-0.39, 0.29) is 0 Å². The molecule has 4 aromatic rings. The van der Waals surface area contributed by atoms with Gasteiger partial charge in [-0.1, -0.05) is 18.2 Å². The Balaban J connectivity index is 1.41. The summed E-state index contributed by atoms with van der Waals surface area (Å²) in [6.07, 6.45) is 7.04. The van der Waals surface area contributed by atoms with Crippen molar-refractivity contribution in [2.75, 3.05) is 43.1 Å². The van der Waals surface area contributed by atoms with Crippen LogP contribution >= 0.6 is 0 Å². The summed E-state index contributed by atoms with van der Waals surface area (Å²) in [6.45, 7) is 3.46. The molecule has 0 bridgehead atoms. The second-order valence-electron chi connectivity index (χ2n) is 6.85. The van der Waals surface area contributed by atoms with Crippen molar-refractivity contribution >= 4 is 22.5 Å². The Morgan fingerprint density at radius 2 is 1.69 bits per heavy atom. The molecule has 0 saturated carbocycles. The molecule has 146 valence electrons. The van der Waals surface area contributed by atoms with Crippen molar-refractivity contribution in [3.8, 4) is 11.4 Å². The molecule has 0 spiro atoms. The van der Waals surface area contributed by atoms with Crippen LogP contribution in [0.2, 0.25) is 0 Å². The molecule has 1 saturated heterocycles. The van der Waals surface area contributed by atoms with Crippen molar-refractivity contribution in [2.24, 2.45) is 0 Å². The van der Waals surface area contributed by atoms with Crippen molar-refractivity contribution in [1.82, 2.24) is 24.7 Å². The average Bonchev–Trinajstić information content (AvgIpc) is 3.24. The maximum absolute atomic E-state index is 5.46. The maximum Gasteiger partial charge on any atom is 0.168 e. The SMILES string of the molecule is COc1cnccc1N1CCN(c2ncnc3c2cnn3-c2ccccc2)CC1. The van der Waals surface area contributed by atoms with Gasteiger partial charge in [0.05, 0.1) is 36.3 Å². The third kappa shape index (κ3) is 3.12. The minimum Gasteiger partial charge on any atom is -0.493 e. The number of piperazine rings is 1. The van der Waals surface area contributed by atoms with E-state index in [0.717, 1.165) is 60.2 Å². The highest BCUT2D eigenvalue weighted by molar-refractivity contribution is 5.87. The molecule has 5 rings (SSSR count). The average molecular weight is 387 g/mol. The van der Waals surface area contributed by atoms with Crippen LogP contribution in [0.1, 0.15) is 0 Å². The molecular formula is C21H21N7O. The van der Waals surface area contributed by atoms with E-state index in [4.69, 9.17) is 4.74 Å². The number of benzene rings is 1. The van der Waals surface area contributed by atoms with Crippen LogP contribution in [0.25, 0.3) is 16.7 Å². The number of anilines is 2. The molecule has 4 heterocycles. The predicted octanol–water partition coefficient (Wildman–Crippen LogP) is 2.55. The number of ether oxygens (including phenoxy) is 1. The molecule has 0 N–H and O–H groups in total. The molecule has 3 aromatic heterocycles. The summed E-state index contributed by atoms with van der Waals surface area (Å²) in [5.74, 6) is 1.73. The van der Waals surface area contributed by atoms with Crippen LogP contribution < -0.4 is 14.5 Å². The van der Waals surface area contributed by atoms with Gasteiger partial charge in [0.25, 0.3) is 0 Å². The lowest BCUT2D eigenvalue weighted by molar-refractivity contribution is 0.411. The van der Waals surface area contributed by atoms with Gasteiger partial charge in [-0.05, 0) is 18.2 Å². The highest BCUT2D eigenvalue weighted by Crippen LogP contribution is 2.30. The van der Waals surface area contributed by atoms with Crippen molar-refractivity contribution < 1.29 is 4.74 Å². The number of hydrogen-bond acceptors (Lipinski definition) is 7. The lowest BCUT2D eigenvalue weighted by Crippen LogP contribution is -2.47. The molecule has 8 nitrogen and oxygen atoms in total. The van der Waals surface area contributed by atoms with E-state index in [1.54, 1.807) is 25.8 Å². The quantitative estimate of drug-likeness (QED) is 0.533. The first-order chi connectivity index (χ1) is 14.3. The van der Waals surface area contributed by atoms with E-state index in [1.165, 1.54) is 0 Å². The number of nitrogens with zero attached hydrogens (tertiary/aromatic N) is 7. The van der Waals surface area contributed by atoms with Gasteiger partial charge >= 0.3 is 0 Å². The monoisotopic (exact) mass is 387 g/mol. The summed E-state index contributed by atoms with van der Waals surface area (Å²) in [5, 5.41) is 5.52. The van der Waals surface area contributed by atoms with E-state index in [9.17, 15) is 0 Å². The molecule has 1 fully saturated rings. The largest absolute Gasteiger partial charge is 0.493 e. The summed E-state index contributed by atoms with van der Waals surface area (Å²) in [7, 11) is 1.68. The zero-order valence-electron chi connectivity index (χ0n) is 16.1. The van der Waals surface area contributed by atoms with E-state index in [1.807, 2.05) is 47.3 Å². The van der Waals surface area contributed by atoms with Crippen LogP contribution in [0.5, 0.6) is 5.75 Å². The van der Waals surface area contributed by atoms with Crippen LogP contribution in [-0.2, 0) is 0 Å². The number of para-hydroxylation sites is 1. The Morgan fingerprint density at radius 3 is 2.48 bits per heavy atom. The van der Waals surface area contributed by atoms with Gasteiger partial charge < -0.3 is 14.5 Å². The number of methoxy groups -OCH3 is 1. The lowest BCUT2D eigenvalue weighted by Gasteiger charge is -2.37. The van der Waals surface area contributed by atoms with Crippen molar-refractivity contribution in [3.05, 3.63) is 61.3 Å². The van der Waals surface area contributed by atoms with Crippen molar-refractivity contribution in [1.29, 1.82) is 0 Å². The topological polar surface area (TPSA) is 72.2 Å². The Kier molecular flexibility index (Phi) is 4.44. The Morgan fingerprint density at radius 1 is 0.897 bits per heavy atom. The molecule has 1 aromatic carbocycles. The van der Waals surface area contributed by atoms with Gasteiger partial charge in [0, 0.05) is 32.4 Å². The lowest BCUT2D eigenvalue weighted by atomic mass is 10.2. The summed E-state index contributed by atoms with van der Waals surface area (Å²) in [4.78, 5) is 17.8. The predicted molar refractivity (Wildman–Crippen MR) is 112 cm³/mol. The molecule has 29 heavy (non-hydrogen) atoms. The Bertz CT molecular complexity index is 1120. The van der Waals surface area contributed by atoms with Gasteiger partial charge in [0.2, 0.25) is 0 Å². The van der Waals surface area contributed by atoms with Crippen molar-refractivity contribution in [3.63, 3.8) is 0 Å². The zero-order valence-corrected chi connectivity index (χ0v) is 16.1. The normalized spacial score (nSPS) is 14.4. The van der Waals surface area contributed by atoms with Crippen LogP contribution in [0, 0.1) is 0 Å². The fourth-order valence-corrected chi connectivity index (χ4v) is 3.79. The van der Waals surface area contributed by atoms with Gasteiger partial charge in [0.15, 0.2) is 11.4 Å². The van der Waals surface area contributed by atoms with E-state index < -0.39 is 0 Å². The summed E-state index contributed by atoms with van der Waals surface area (Å²) in [6, 6.07) is 12.0. The first-order valence-corrected chi connectivity index (χ1v) is 9.57. The molecule has 1 aliphatic heterocycles. The summed E-state index contributed by atoms with van der Waals surface area (Å²) in [5.41, 5.74) is 2.88. The smallest absolute Gasteiger partial charge is 0.168 e. The third-order valence-corrected chi connectivity index (χ3v) is 5.25. The standard InChI is InChI=1S/C21H21N7O/c1-29-19-14-22-8-7-18(19)26-9-11-27(12-10-26)20-17-13-25-28(21(17)24-15-23-20)16-5-3-2-4-6-16/h2-8,13-15H,9-12H2,1H3. The molecule has 0 unspecified atom stereocenters. The van der Waals surface area contributed by atoms with E-state index >= 15 is 0 Å². The first-order valence-electron chi connectivity index (χ1n) is 9.57. The van der Waals surface area contributed by atoms with Gasteiger partial charge in [-0.25, -0.2) is 14.6 Å². The maximum atomic E-state index is 5.46. The fourth-order valence-electron chi connectivity index (χ4n) is 3.79. The van der Waals surface area contributed by atoms with Crippen LogP contribution in [0.15, 0.2) is 61.3 Å². The summed E-state index contributed by atoms with van der Waals surface area (Å²) >= 11 is 0. The number of aromatic nitrogens is 5. The Labute approximate surface area is 168 Å². The van der Waals surface area contributed by atoms with E-state index in [0.29, 0.717) is 0 Å². The molecule has 1 aliphatic rings. The second kappa shape index (κ2) is 7.38. The molecule has 0 atom stereocenters. The van der Waals surface area contributed by atoms with Crippen LogP contribution in [0.4, 0.5) is 11.5 Å².